The number of nitro benzene ring substituents is 2. The third-order valence-corrected chi connectivity index (χ3v) is 4.56. The zero-order valence-corrected chi connectivity index (χ0v) is 17.6. The molecule has 3 aromatic rings. The molecule has 12 heteroatoms. The van der Waals surface area contributed by atoms with Gasteiger partial charge in [0.1, 0.15) is 0 Å². The van der Waals surface area contributed by atoms with Gasteiger partial charge in [-0.1, -0.05) is 17.7 Å². The molecule has 0 spiro atoms. The van der Waals surface area contributed by atoms with Crippen LogP contribution in [0.15, 0.2) is 66.7 Å². The quantitative estimate of drug-likeness (QED) is 0.372. The third-order valence-electron chi connectivity index (χ3n) is 4.56. The van der Waals surface area contributed by atoms with E-state index in [1.807, 2.05) is 18.4 Å². The summed E-state index contributed by atoms with van der Waals surface area (Å²) in [6.45, 7) is 1.86. The first-order valence-corrected chi connectivity index (χ1v) is 9.66. The molecule has 3 amide bonds. The second kappa shape index (κ2) is 9.99. The summed E-state index contributed by atoms with van der Waals surface area (Å²) in [6.07, 6.45) is 0. The molecule has 3 N–H and O–H groups in total. The standard InChI is InChI=1S/C22H17N5O7/c1-13-3-2-4-15(9-13)20(28)23-17-7-5-14(6-8-17)21(29)24-25-22(30)16-10-18(26(31)32)12-19(11-16)27(33)34/h2-12H,1H3,(H,23,28)(H,24,29)(H,25,30). The number of aryl methyl sites for hydroxylation is 1. The molecule has 0 aliphatic carbocycles. The number of carbonyl (C=O) groups is 3. The van der Waals surface area contributed by atoms with Crippen LogP contribution in [0.3, 0.4) is 0 Å². The fourth-order valence-corrected chi connectivity index (χ4v) is 2.89. The zero-order chi connectivity index (χ0) is 24.8. The molecule has 3 rings (SSSR count). The van der Waals surface area contributed by atoms with Gasteiger partial charge >= 0.3 is 0 Å². The van der Waals surface area contributed by atoms with Crippen molar-refractivity contribution in [2.24, 2.45) is 0 Å². The van der Waals surface area contributed by atoms with Crippen molar-refractivity contribution in [3.05, 3.63) is 109 Å². The molecule has 12 nitrogen and oxygen atoms in total. The van der Waals surface area contributed by atoms with Gasteiger partial charge < -0.3 is 5.32 Å². The van der Waals surface area contributed by atoms with Crippen LogP contribution in [-0.2, 0) is 0 Å². The molecule has 34 heavy (non-hydrogen) atoms. The number of hydrazine groups is 1. The van der Waals surface area contributed by atoms with Crippen molar-refractivity contribution in [1.82, 2.24) is 10.9 Å². The van der Waals surface area contributed by atoms with Crippen LogP contribution in [0.5, 0.6) is 0 Å². The molecule has 3 aromatic carbocycles. The molecular weight excluding hydrogens is 446 g/mol. The van der Waals surface area contributed by atoms with Gasteiger partial charge in [0, 0.05) is 28.9 Å². The SMILES string of the molecule is Cc1cccc(C(=O)Nc2ccc(C(=O)NNC(=O)c3cc([N+](=O)[O-])cc([N+](=O)[O-])c3)cc2)c1. The van der Waals surface area contributed by atoms with Crippen molar-refractivity contribution >= 4 is 34.8 Å². The Labute approximate surface area is 191 Å². The van der Waals surface area contributed by atoms with E-state index >= 15 is 0 Å². The first-order valence-electron chi connectivity index (χ1n) is 9.66. The maximum Gasteiger partial charge on any atom is 0.277 e. The Hall–Kier alpha value is -5.13. The zero-order valence-electron chi connectivity index (χ0n) is 17.6. The van der Waals surface area contributed by atoms with Crippen LogP contribution in [0.25, 0.3) is 0 Å². The maximum absolute atomic E-state index is 12.3. The van der Waals surface area contributed by atoms with Crippen molar-refractivity contribution in [2.45, 2.75) is 6.92 Å². The Morgan fingerprint density at radius 1 is 0.676 bits per heavy atom. The fourth-order valence-electron chi connectivity index (χ4n) is 2.89. The number of anilines is 1. The molecule has 172 valence electrons. The van der Waals surface area contributed by atoms with Crippen molar-refractivity contribution in [3.8, 4) is 0 Å². The van der Waals surface area contributed by atoms with Crippen molar-refractivity contribution < 1.29 is 24.2 Å². The molecule has 0 saturated carbocycles. The first kappa shape index (κ1) is 23.5. The average Bonchev–Trinajstić information content (AvgIpc) is 2.82. The van der Waals surface area contributed by atoms with Crippen LogP contribution in [0, 0.1) is 27.2 Å². The van der Waals surface area contributed by atoms with E-state index in [0.717, 1.165) is 17.7 Å². The van der Waals surface area contributed by atoms with Crippen molar-refractivity contribution in [2.75, 3.05) is 5.32 Å². The molecule has 0 atom stereocenters. The Morgan fingerprint density at radius 3 is 1.76 bits per heavy atom. The van der Waals surface area contributed by atoms with E-state index in [2.05, 4.69) is 10.7 Å². The molecule has 0 fully saturated rings. The second-order valence-corrected chi connectivity index (χ2v) is 7.06. The molecule has 0 radical (unpaired) electrons. The van der Waals surface area contributed by atoms with Gasteiger partial charge in [0.05, 0.1) is 21.5 Å². The molecule has 0 heterocycles. The van der Waals surface area contributed by atoms with Crippen LogP contribution in [0.1, 0.15) is 36.6 Å². The van der Waals surface area contributed by atoms with Crippen molar-refractivity contribution in [3.63, 3.8) is 0 Å². The molecule has 0 aliphatic rings. The van der Waals surface area contributed by atoms with Crippen LogP contribution >= 0.6 is 0 Å². The van der Waals surface area contributed by atoms with Gasteiger partial charge in [0.2, 0.25) is 0 Å². The summed E-state index contributed by atoms with van der Waals surface area (Å²) in [5.74, 6) is -2.02. The topological polar surface area (TPSA) is 174 Å². The molecule has 0 unspecified atom stereocenters. The summed E-state index contributed by atoms with van der Waals surface area (Å²) in [6, 6.07) is 15.2. The van der Waals surface area contributed by atoms with Crippen molar-refractivity contribution in [1.29, 1.82) is 0 Å². The lowest BCUT2D eigenvalue weighted by molar-refractivity contribution is -0.394. The maximum atomic E-state index is 12.3. The number of hydrogen-bond acceptors (Lipinski definition) is 7. The number of nitrogens with one attached hydrogen (secondary N) is 3. The average molecular weight is 463 g/mol. The normalized spacial score (nSPS) is 10.1. The number of nitrogens with zero attached hydrogens (tertiary/aromatic N) is 2. The number of hydrogen-bond donors (Lipinski definition) is 3. The Morgan fingerprint density at radius 2 is 1.24 bits per heavy atom. The van der Waals surface area contributed by atoms with Gasteiger partial charge in [0.15, 0.2) is 0 Å². The predicted octanol–water partition coefficient (Wildman–Crippen LogP) is 3.14. The van der Waals surface area contributed by atoms with Gasteiger partial charge in [-0.15, -0.1) is 0 Å². The number of rotatable bonds is 6. The lowest BCUT2D eigenvalue weighted by Crippen LogP contribution is -2.41. The molecule has 0 saturated heterocycles. The minimum absolute atomic E-state index is 0.138. The number of nitro groups is 2. The minimum atomic E-state index is -0.984. The second-order valence-electron chi connectivity index (χ2n) is 7.06. The molecular formula is C22H17N5O7. The predicted molar refractivity (Wildman–Crippen MR) is 120 cm³/mol. The summed E-state index contributed by atoms with van der Waals surface area (Å²) in [7, 11) is 0. The third kappa shape index (κ3) is 5.76. The van der Waals surface area contributed by atoms with E-state index in [4.69, 9.17) is 0 Å². The van der Waals surface area contributed by atoms with Crippen LogP contribution < -0.4 is 16.2 Å². The molecule has 0 bridgehead atoms. The van der Waals surface area contributed by atoms with E-state index in [1.165, 1.54) is 24.3 Å². The Kier molecular flexibility index (Phi) is 6.92. The highest BCUT2D eigenvalue weighted by molar-refractivity contribution is 6.05. The highest BCUT2D eigenvalue weighted by Gasteiger charge is 2.20. The van der Waals surface area contributed by atoms with Gasteiger partial charge in [-0.05, 0) is 43.3 Å². The Bertz CT molecular complexity index is 1270. The van der Waals surface area contributed by atoms with E-state index in [-0.39, 0.29) is 17.0 Å². The van der Waals surface area contributed by atoms with E-state index in [0.29, 0.717) is 17.3 Å². The highest BCUT2D eigenvalue weighted by atomic mass is 16.6. The van der Waals surface area contributed by atoms with E-state index < -0.39 is 33.0 Å². The molecule has 0 aromatic heterocycles. The van der Waals surface area contributed by atoms with Gasteiger partial charge in [0.25, 0.3) is 29.1 Å². The summed E-state index contributed by atoms with van der Waals surface area (Å²) in [5.41, 5.74) is 4.49. The summed E-state index contributed by atoms with van der Waals surface area (Å²) in [5, 5.41) is 24.6. The van der Waals surface area contributed by atoms with Gasteiger partial charge in [-0.2, -0.15) is 0 Å². The van der Waals surface area contributed by atoms with Crippen LogP contribution in [-0.4, -0.2) is 27.6 Å². The van der Waals surface area contributed by atoms with E-state index in [1.54, 1.807) is 18.2 Å². The molecule has 0 aliphatic heterocycles. The summed E-state index contributed by atoms with van der Waals surface area (Å²) < 4.78 is 0. The Balaban J connectivity index is 1.63. The minimum Gasteiger partial charge on any atom is -0.322 e. The summed E-state index contributed by atoms with van der Waals surface area (Å²) in [4.78, 5) is 57.0. The van der Waals surface area contributed by atoms with Crippen LogP contribution in [0.4, 0.5) is 17.1 Å². The largest absolute Gasteiger partial charge is 0.322 e. The van der Waals surface area contributed by atoms with Gasteiger partial charge in [-0.25, -0.2) is 0 Å². The number of benzene rings is 3. The van der Waals surface area contributed by atoms with E-state index in [9.17, 15) is 34.6 Å². The smallest absolute Gasteiger partial charge is 0.277 e. The number of amides is 3. The fraction of sp³-hybridized carbons (Fsp3) is 0.0455. The lowest BCUT2D eigenvalue weighted by atomic mass is 10.1. The highest BCUT2D eigenvalue weighted by Crippen LogP contribution is 2.22. The number of carbonyl (C=O) groups excluding carboxylic acids is 3. The summed E-state index contributed by atoms with van der Waals surface area (Å²) >= 11 is 0. The van der Waals surface area contributed by atoms with Gasteiger partial charge in [-0.3, -0.25) is 45.5 Å². The first-order chi connectivity index (χ1) is 16.1. The number of non-ortho nitro benzene ring substituents is 2. The lowest BCUT2D eigenvalue weighted by Gasteiger charge is -2.09. The van der Waals surface area contributed by atoms with Crippen LogP contribution in [0.2, 0.25) is 0 Å². The monoisotopic (exact) mass is 463 g/mol.